The molecule has 1 unspecified atom stereocenters. The maximum absolute atomic E-state index is 11.8. The molecule has 0 aliphatic carbocycles. The van der Waals surface area contributed by atoms with Crippen LogP contribution in [0.1, 0.15) is 12.5 Å². The van der Waals surface area contributed by atoms with E-state index in [1.807, 2.05) is 18.2 Å². The number of nitrogens with two attached hydrogens (primary N) is 1. The summed E-state index contributed by atoms with van der Waals surface area (Å²) in [4.78, 5) is 13.3. The minimum Gasteiger partial charge on any atom is -0.493 e. The van der Waals surface area contributed by atoms with E-state index in [1.54, 1.807) is 28.1 Å². The Morgan fingerprint density at radius 1 is 1.37 bits per heavy atom. The molecule has 1 aromatic carbocycles. The van der Waals surface area contributed by atoms with E-state index >= 15 is 0 Å². The van der Waals surface area contributed by atoms with Crippen molar-refractivity contribution in [1.29, 1.82) is 0 Å². The third kappa shape index (κ3) is 4.13. The summed E-state index contributed by atoms with van der Waals surface area (Å²) in [6, 6.07) is 5.62. The summed E-state index contributed by atoms with van der Waals surface area (Å²) in [7, 11) is 4.97. The molecule has 0 bridgehead atoms. The summed E-state index contributed by atoms with van der Waals surface area (Å²) in [5.41, 5.74) is 6.60. The number of rotatable bonds is 6. The molecule has 1 atom stereocenters. The summed E-state index contributed by atoms with van der Waals surface area (Å²) < 4.78 is 10.9. The van der Waals surface area contributed by atoms with Crippen molar-refractivity contribution in [2.24, 2.45) is 5.73 Å². The van der Waals surface area contributed by atoms with Crippen molar-refractivity contribution in [2.45, 2.75) is 19.4 Å². The highest BCUT2D eigenvalue weighted by Gasteiger charge is 2.18. The first kappa shape index (κ1) is 15.3. The first-order valence-electron chi connectivity index (χ1n) is 6.24. The highest BCUT2D eigenvalue weighted by atomic mass is 16.5. The van der Waals surface area contributed by atoms with Crippen LogP contribution in [0.5, 0.6) is 11.5 Å². The maximum Gasteiger partial charge on any atom is 0.262 e. The quantitative estimate of drug-likeness (QED) is 0.836. The molecule has 106 valence electrons. The number of hydrogen-bond donors (Lipinski definition) is 1. The molecule has 0 heterocycles. The molecule has 1 aromatic rings. The molecule has 19 heavy (non-hydrogen) atoms. The molecule has 0 fully saturated rings. The fourth-order valence-corrected chi connectivity index (χ4v) is 1.74. The molecule has 5 heteroatoms. The number of nitrogens with zero attached hydrogens (tertiary/aromatic N) is 1. The van der Waals surface area contributed by atoms with E-state index in [4.69, 9.17) is 15.2 Å². The monoisotopic (exact) mass is 266 g/mol. The Morgan fingerprint density at radius 3 is 2.58 bits per heavy atom. The van der Waals surface area contributed by atoms with Gasteiger partial charge in [0.05, 0.1) is 7.11 Å². The molecule has 0 spiro atoms. The average Bonchev–Trinajstić information content (AvgIpc) is 2.39. The van der Waals surface area contributed by atoms with Gasteiger partial charge in [0.2, 0.25) is 0 Å². The second-order valence-corrected chi connectivity index (χ2v) is 4.52. The zero-order valence-corrected chi connectivity index (χ0v) is 12.0. The smallest absolute Gasteiger partial charge is 0.262 e. The van der Waals surface area contributed by atoms with E-state index in [-0.39, 0.29) is 5.91 Å². The van der Waals surface area contributed by atoms with Crippen molar-refractivity contribution in [2.75, 3.05) is 27.7 Å². The molecule has 0 radical (unpaired) electrons. The number of methoxy groups -OCH3 is 1. The van der Waals surface area contributed by atoms with E-state index < -0.39 is 6.10 Å². The van der Waals surface area contributed by atoms with Gasteiger partial charge in [-0.2, -0.15) is 0 Å². The van der Waals surface area contributed by atoms with Gasteiger partial charge in [-0.3, -0.25) is 4.79 Å². The summed E-state index contributed by atoms with van der Waals surface area (Å²) in [5, 5.41) is 0. The lowest BCUT2D eigenvalue weighted by molar-refractivity contribution is -0.135. The zero-order chi connectivity index (χ0) is 14.4. The van der Waals surface area contributed by atoms with Crippen molar-refractivity contribution in [3.63, 3.8) is 0 Å². The Kier molecular flexibility index (Phi) is 5.63. The van der Waals surface area contributed by atoms with Gasteiger partial charge in [0, 0.05) is 14.1 Å². The molecule has 0 aromatic heterocycles. The van der Waals surface area contributed by atoms with Crippen LogP contribution in [-0.2, 0) is 11.2 Å². The van der Waals surface area contributed by atoms with E-state index in [0.29, 0.717) is 18.0 Å². The topological polar surface area (TPSA) is 64.8 Å². The van der Waals surface area contributed by atoms with Crippen molar-refractivity contribution in [3.8, 4) is 11.5 Å². The van der Waals surface area contributed by atoms with Gasteiger partial charge < -0.3 is 20.1 Å². The van der Waals surface area contributed by atoms with Gasteiger partial charge in [0.1, 0.15) is 0 Å². The molecule has 0 aliphatic rings. The summed E-state index contributed by atoms with van der Waals surface area (Å²) >= 11 is 0. The van der Waals surface area contributed by atoms with Crippen molar-refractivity contribution in [3.05, 3.63) is 23.8 Å². The highest BCUT2D eigenvalue weighted by Crippen LogP contribution is 2.29. The van der Waals surface area contributed by atoms with E-state index in [9.17, 15) is 4.79 Å². The largest absolute Gasteiger partial charge is 0.493 e. The molecule has 1 amide bonds. The highest BCUT2D eigenvalue weighted by molar-refractivity contribution is 5.80. The van der Waals surface area contributed by atoms with Gasteiger partial charge >= 0.3 is 0 Å². The normalized spacial score (nSPS) is 11.8. The average molecular weight is 266 g/mol. The van der Waals surface area contributed by atoms with Crippen molar-refractivity contribution in [1.82, 2.24) is 4.90 Å². The predicted molar refractivity (Wildman–Crippen MR) is 74.5 cm³/mol. The van der Waals surface area contributed by atoms with Crippen molar-refractivity contribution < 1.29 is 14.3 Å². The standard InChI is InChI=1S/C14H22N2O3/c1-10(14(17)16(2)3)19-12-6-5-11(7-8-15)9-13(12)18-4/h5-6,9-10H,7-8,15H2,1-4H3. The van der Waals surface area contributed by atoms with Gasteiger partial charge in [0.25, 0.3) is 5.91 Å². The third-order valence-corrected chi connectivity index (χ3v) is 2.75. The van der Waals surface area contributed by atoms with Gasteiger partial charge in [-0.25, -0.2) is 0 Å². The summed E-state index contributed by atoms with van der Waals surface area (Å²) in [6.07, 6.45) is 0.229. The molecular weight excluding hydrogens is 244 g/mol. The minimum atomic E-state index is -0.552. The summed E-state index contributed by atoms with van der Waals surface area (Å²) in [6.45, 7) is 2.30. The minimum absolute atomic E-state index is 0.0897. The fraction of sp³-hybridized carbons (Fsp3) is 0.500. The maximum atomic E-state index is 11.8. The van der Waals surface area contributed by atoms with Crippen LogP contribution in [0.3, 0.4) is 0 Å². The Hall–Kier alpha value is -1.75. The lowest BCUT2D eigenvalue weighted by Crippen LogP contribution is -2.35. The van der Waals surface area contributed by atoms with Crippen LogP contribution in [0.2, 0.25) is 0 Å². The van der Waals surface area contributed by atoms with E-state index in [2.05, 4.69) is 0 Å². The zero-order valence-electron chi connectivity index (χ0n) is 12.0. The second-order valence-electron chi connectivity index (χ2n) is 4.52. The van der Waals surface area contributed by atoms with Crippen LogP contribution < -0.4 is 15.2 Å². The number of carbonyl (C=O) groups excluding carboxylic acids is 1. The number of amides is 1. The molecule has 5 nitrogen and oxygen atoms in total. The molecule has 2 N–H and O–H groups in total. The fourth-order valence-electron chi connectivity index (χ4n) is 1.74. The molecular formula is C14H22N2O3. The Morgan fingerprint density at radius 2 is 2.05 bits per heavy atom. The first-order valence-corrected chi connectivity index (χ1v) is 6.24. The van der Waals surface area contributed by atoms with Gasteiger partial charge in [-0.1, -0.05) is 6.07 Å². The van der Waals surface area contributed by atoms with Crippen LogP contribution in [0, 0.1) is 0 Å². The Labute approximate surface area is 114 Å². The van der Waals surface area contributed by atoms with E-state index in [1.165, 1.54) is 4.90 Å². The number of ether oxygens (including phenoxy) is 2. The van der Waals surface area contributed by atoms with Crippen LogP contribution in [0.4, 0.5) is 0 Å². The van der Waals surface area contributed by atoms with Crippen LogP contribution in [0.15, 0.2) is 18.2 Å². The third-order valence-electron chi connectivity index (χ3n) is 2.75. The Balaban J connectivity index is 2.86. The van der Waals surface area contributed by atoms with E-state index in [0.717, 1.165) is 12.0 Å². The molecule has 1 rings (SSSR count). The molecule has 0 aliphatic heterocycles. The lowest BCUT2D eigenvalue weighted by atomic mass is 10.1. The number of carbonyl (C=O) groups is 1. The SMILES string of the molecule is COc1cc(CCN)ccc1OC(C)C(=O)N(C)C. The van der Waals surface area contributed by atoms with Gasteiger partial charge in [-0.05, 0) is 37.6 Å². The van der Waals surface area contributed by atoms with Gasteiger partial charge in [-0.15, -0.1) is 0 Å². The number of likely N-dealkylation sites (N-methyl/N-ethyl adjacent to an activating group) is 1. The predicted octanol–water partition coefficient (Wildman–Crippen LogP) is 1.05. The van der Waals surface area contributed by atoms with Crippen LogP contribution >= 0.6 is 0 Å². The first-order chi connectivity index (χ1) is 8.99. The Bertz CT molecular complexity index is 433. The van der Waals surface area contributed by atoms with Crippen LogP contribution in [0.25, 0.3) is 0 Å². The summed E-state index contributed by atoms with van der Waals surface area (Å²) in [5.74, 6) is 1.09. The number of hydrogen-bond acceptors (Lipinski definition) is 4. The van der Waals surface area contributed by atoms with Crippen molar-refractivity contribution >= 4 is 5.91 Å². The van der Waals surface area contributed by atoms with Crippen LogP contribution in [-0.4, -0.2) is 44.7 Å². The molecule has 0 saturated heterocycles. The van der Waals surface area contributed by atoms with Gasteiger partial charge in [0.15, 0.2) is 17.6 Å². The number of benzene rings is 1. The lowest BCUT2D eigenvalue weighted by Gasteiger charge is -2.20. The second kappa shape index (κ2) is 6.99. The molecule has 0 saturated carbocycles.